The van der Waals surface area contributed by atoms with Gasteiger partial charge in [0.1, 0.15) is 5.60 Å². The van der Waals surface area contributed by atoms with Crippen LogP contribution in [0.25, 0.3) is 0 Å². The second kappa shape index (κ2) is 7.87. The van der Waals surface area contributed by atoms with Crippen molar-refractivity contribution >= 4 is 17.7 Å². The number of amides is 1. The van der Waals surface area contributed by atoms with Gasteiger partial charge >= 0.3 is 0 Å². The van der Waals surface area contributed by atoms with Crippen molar-refractivity contribution in [3.63, 3.8) is 0 Å². The van der Waals surface area contributed by atoms with Crippen LogP contribution in [0.15, 0.2) is 18.2 Å². The van der Waals surface area contributed by atoms with Crippen molar-refractivity contribution < 1.29 is 14.3 Å². The summed E-state index contributed by atoms with van der Waals surface area (Å²) in [4.78, 5) is 19.2. The molecule has 1 spiro atoms. The molecule has 0 radical (unpaired) electrons. The fourth-order valence-electron chi connectivity index (χ4n) is 4.24. The SMILES string of the molecule is Cc1cccc(CO[C@H]2CCOC3(C2)CN(C(=O)C2CCSCC2)C3)n1. The molecule has 3 fully saturated rings. The minimum atomic E-state index is -0.179. The number of aromatic nitrogens is 1. The Morgan fingerprint density at radius 1 is 1.35 bits per heavy atom. The quantitative estimate of drug-likeness (QED) is 0.809. The summed E-state index contributed by atoms with van der Waals surface area (Å²) in [7, 11) is 0. The maximum atomic E-state index is 12.7. The number of likely N-dealkylation sites (tertiary alicyclic amines) is 1. The van der Waals surface area contributed by atoms with E-state index in [1.165, 1.54) is 0 Å². The Hall–Kier alpha value is -1.11. The predicted molar refractivity (Wildman–Crippen MR) is 102 cm³/mol. The molecule has 4 heterocycles. The lowest BCUT2D eigenvalue weighted by atomic mass is 9.83. The predicted octanol–water partition coefficient (Wildman–Crippen LogP) is 2.81. The van der Waals surface area contributed by atoms with E-state index in [2.05, 4.69) is 4.98 Å². The highest BCUT2D eigenvalue weighted by Crippen LogP contribution is 2.37. The van der Waals surface area contributed by atoms with E-state index in [9.17, 15) is 4.79 Å². The van der Waals surface area contributed by atoms with Gasteiger partial charge in [0.2, 0.25) is 5.91 Å². The third-order valence-corrected chi connectivity index (χ3v) is 6.75. The first-order valence-electron chi connectivity index (χ1n) is 9.68. The number of aryl methyl sites for hydroxylation is 1. The fraction of sp³-hybridized carbons (Fsp3) is 0.700. The van der Waals surface area contributed by atoms with Gasteiger partial charge in [0, 0.05) is 24.6 Å². The average Bonchev–Trinajstić information content (AvgIpc) is 2.65. The van der Waals surface area contributed by atoms with Crippen molar-refractivity contribution in [3.8, 4) is 0 Å². The minimum Gasteiger partial charge on any atom is -0.372 e. The van der Waals surface area contributed by atoms with Gasteiger partial charge in [-0.25, -0.2) is 0 Å². The van der Waals surface area contributed by atoms with Crippen LogP contribution in [-0.4, -0.2) is 58.7 Å². The zero-order valence-corrected chi connectivity index (χ0v) is 16.3. The summed E-state index contributed by atoms with van der Waals surface area (Å²) >= 11 is 1.96. The smallest absolute Gasteiger partial charge is 0.225 e. The Bertz CT molecular complexity index is 642. The highest BCUT2D eigenvalue weighted by Gasteiger charge is 2.50. The van der Waals surface area contributed by atoms with E-state index in [0.717, 1.165) is 61.7 Å². The van der Waals surface area contributed by atoms with E-state index in [0.29, 0.717) is 19.1 Å². The molecule has 1 atom stereocenters. The summed E-state index contributed by atoms with van der Waals surface area (Å²) in [6.45, 7) is 4.73. The monoisotopic (exact) mass is 376 g/mol. The summed E-state index contributed by atoms with van der Waals surface area (Å²) in [5.41, 5.74) is 1.82. The molecule has 0 unspecified atom stereocenters. The molecule has 0 bridgehead atoms. The molecule has 3 aliphatic rings. The fourth-order valence-corrected chi connectivity index (χ4v) is 5.34. The van der Waals surface area contributed by atoms with Crippen molar-refractivity contribution in [1.29, 1.82) is 0 Å². The molecule has 4 rings (SSSR count). The van der Waals surface area contributed by atoms with E-state index in [4.69, 9.17) is 9.47 Å². The van der Waals surface area contributed by atoms with Crippen molar-refractivity contribution in [1.82, 2.24) is 9.88 Å². The van der Waals surface area contributed by atoms with Crippen molar-refractivity contribution in [2.75, 3.05) is 31.2 Å². The molecule has 3 saturated heterocycles. The van der Waals surface area contributed by atoms with Crippen LogP contribution in [0.3, 0.4) is 0 Å². The number of ether oxygens (including phenoxy) is 2. The summed E-state index contributed by atoms with van der Waals surface area (Å²) in [6.07, 6.45) is 4.05. The topological polar surface area (TPSA) is 51.7 Å². The number of hydrogen-bond donors (Lipinski definition) is 0. The van der Waals surface area contributed by atoms with Crippen molar-refractivity contribution in [2.24, 2.45) is 5.92 Å². The van der Waals surface area contributed by atoms with E-state index in [1.807, 2.05) is 41.8 Å². The third-order valence-electron chi connectivity index (χ3n) is 5.70. The molecule has 0 N–H and O–H groups in total. The Labute approximate surface area is 159 Å². The Morgan fingerprint density at radius 3 is 2.92 bits per heavy atom. The van der Waals surface area contributed by atoms with Gasteiger partial charge in [-0.1, -0.05) is 6.07 Å². The summed E-state index contributed by atoms with van der Waals surface area (Å²) < 4.78 is 12.2. The summed E-state index contributed by atoms with van der Waals surface area (Å²) in [5, 5.41) is 0. The largest absolute Gasteiger partial charge is 0.372 e. The lowest BCUT2D eigenvalue weighted by Gasteiger charge is -2.53. The molecule has 0 aliphatic carbocycles. The standard InChI is InChI=1S/C20H28N2O3S/c1-15-3-2-4-17(21-15)12-24-18-5-8-25-20(11-18)13-22(14-20)19(23)16-6-9-26-10-7-16/h2-4,16,18H,5-14H2,1H3/t18-/m0/s1. The molecule has 142 valence electrons. The van der Waals surface area contributed by atoms with Gasteiger partial charge < -0.3 is 14.4 Å². The minimum absolute atomic E-state index is 0.179. The highest BCUT2D eigenvalue weighted by atomic mass is 32.2. The van der Waals surface area contributed by atoms with E-state index >= 15 is 0 Å². The maximum absolute atomic E-state index is 12.7. The van der Waals surface area contributed by atoms with Crippen LogP contribution in [0.5, 0.6) is 0 Å². The maximum Gasteiger partial charge on any atom is 0.225 e. The van der Waals surface area contributed by atoms with Gasteiger partial charge in [0.05, 0.1) is 31.5 Å². The number of pyridine rings is 1. The number of thioether (sulfide) groups is 1. The molecule has 0 saturated carbocycles. The first-order chi connectivity index (χ1) is 12.6. The highest BCUT2D eigenvalue weighted by molar-refractivity contribution is 7.99. The number of carbonyl (C=O) groups is 1. The number of carbonyl (C=O) groups excluding carboxylic acids is 1. The zero-order valence-electron chi connectivity index (χ0n) is 15.5. The van der Waals surface area contributed by atoms with E-state index < -0.39 is 0 Å². The molecular formula is C20H28N2O3S. The Morgan fingerprint density at radius 2 is 2.15 bits per heavy atom. The van der Waals surface area contributed by atoms with Gasteiger partial charge in [-0.15, -0.1) is 0 Å². The molecule has 26 heavy (non-hydrogen) atoms. The van der Waals surface area contributed by atoms with Crippen molar-refractivity contribution in [3.05, 3.63) is 29.6 Å². The normalized spacial score (nSPS) is 25.9. The molecule has 6 heteroatoms. The Kier molecular flexibility index (Phi) is 5.53. The molecular weight excluding hydrogens is 348 g/mol. The van der Waals surface area contributed by atoms with Crippen LogP contribution in [0.4, 0.5) is 0 Å². The molecule has 1 amide bonds. The average molecular weight is 377 g/mol. The molecule has 3 aliphatic heterocycles. The van der Waals surface area contributed by atoms with Crippen molar-refractivity contribution in [2.45, 2.75) is 50.9 Å². The van der Waals surface area contributed by atoms with E-state index in [1.54, 1.807) is 0 Å². The van der Waals surface area contributed by atoms with Crippen LogP contribution in [-0.2, 0) is 20.9 Å². The van der Waals surface area contributed by atoms with Crippen LogP contribution in [0.2, 0.25) is 0 Å². The lowest BCUT2D eigenvalue weighted by molar-refractivity contribution is -0.204. The van der Waals surface area contributed by atoms with Crippen LogP contribution in [0, 0.1) is 12.8 Å². The van der Waals surface area contributed by atoms with Gasteiger partial charge in [-0.05, 0) is 49.8 Å². The molecule has 0 aromatic carbocycles. The van der Waals surface area contributed by atoms with Gasteiger partial charge in [0.25, 0.3) is 0 Å². The van der Waals surface area contributed by atoms with Crippen LogP contribution < -0.4 is 0 Å². The first-order valence-corrected chi connectivity index (χ1v) is 10.8. The first kappa shape index (κ1) is 18.3. The van der Waals surface area contributed by atoms with Gasteiger partial charge in [-0.3, -0.25) is 9.78 Å². The van der Waals surface area contributed by atoms with Gasteiger partial charge in [-0.2, -0.15) is 11.8 Å². The summed E-state index contributed by atoms with van der Waals surface area (Å²) in [6, 6.07) is 6.03. The van der Waals surface area contributed by atoms with E-state index in [-0.39, 0.29) is 17.6 Å². The second-order valence-electron chi connectivity index (χ2n) is 7.81. The zero-order chi connectivity index (χ0) is 18.0. The third kappa shape index (κ3) is 4.07. The Balaban J connectivity index is 1.27. The lowest BCUT2D eigenvalue weighted by Crippen LogP contribution is -2.68. The molecule has 1 aromatic heterocycles. The molecule has 5 nitrogen and oxygen atoms in total. The van der Waals surface area contributed by atoms with Crippen LogP contribution >= 0.6 is 11.8 Å². The number of hydrogen-bond acceptors (Lipinski definition) is 5. The molecule has 1 aromatic rings. The number of nitrogens with zero attached hydrogens (tertiary/aromatic N) is 2. The summed E-state index contributed by atoms with van der Waals surface area (Å²) in [5.74, 6) is 2.81. The van der Waals surface area contributed by atoms with Gasteiger partial charge in [0.15, 0.2) is 0 Å². The van der Waals surface area contributed by atoms with Crippen LogP contribution in [0.1, 0.15) is 37.1 Å². The number of rotatable bonds is 4. The second-order valence-corrected chi connectivity index (χ2v) is 9.03.